The number of hydrogen-bond donors (Lipinski definition) is 1. The lowest BCUT2D eigenvalue weighted by atomic mass is 10.0. The highest BCUT2D eigenvalue weighted by atomic mass is 16.5. The minimum absolute atomic E-state index is 0.211. The summed E-state index contributed by atoms with van der Waals surface area (Å²) in [4.78, 5) is 2.25. The van der Waals surface area contributed by atoms with Crippen LogP contribution in [-0.2, 0) is 4.74 Å². The van der Waals surface area contributed by atoms with Gasteiger partial charge in [-0.1, -0.05) is 0 Å². The van der Waals surface area contributed by atoms with Crippen LogP contribution in [0, 0.1) is 0 Å². The first-order valence-electron chi connectivity index (χ1n) is 5.46. The summed E-state index contributed by atoms with van der Waals surface area (Å²) in [6, 6.07) is 0.536. The second kappa shape index (κ2) is 4.60. The molecule has 84 valence electrons. The quantitative estimate of drug-likeness (QED) is 0.735. The monoisotopic (exact) mass is 200 g/mol. The van der Waals surface area contributed by atoms with Crippen molar-refractivity contribution in [3.8, 4) is 0 Å². The van der Waals surface area contributed by atoms with E-state index >= 15 is 0 Å². The molecule has 14 heavy (non-hydrogen) atoms. The molecule has 2 atom stereocenters. The second-order valence-electron chi connectivity index (χ2n) is 5.06. The number of ether oxygens (including phenoxy) is 1. The fourth-order valence-electron chi connectivity index (χ4n) is 1.54. The van der Waals surface area contributed by atoms with Gasteiger partial charge in [0.25, 0.3) is 0 Å². The molecule has 0 amide bonds. The number of hydrogen-bond acceptors (Lipinski definition) is 3. The molecule has 0 radical (unpaired) electrons. The molecule has 0 aliphatic carbocycles. The van der Waals surface area contributed by atoms with E-state index < -0.39 is 0 Å². The smallest absolute Gasteiger partial charge is 0.0700 e. The molecule has 1 fully saturated rings. The topological polar surface area (TPSA) is 24.5 Å². The Morgan fingerprint density at radius 3 is 2.50 bits per heavy atom. The van der Waals surface area contributed by atoms with Gasteiger partial charge in [-0.2, -0.15) is 0 Å². The third-order valence-electron chi connectivity index (χ3n) is 3.38. The van der Waals surface area contributed by atoms with Crippen LogP contribution in [0.1, 0.15) is 27.2 Å². The number of nitrogens with one attached hydrogen (secondary N) is 1. The van der Waals surface area contributed by atoms with E-state index in [1.165, 1.54) is 0 Å². The van der Waals surface area contributed by atoms with Gasteiger partial charge in [0.2, 0.25) is 0 Å². The second-order valence-corrected chi connectivity index (χ2v) is 5.06. The van der Waals surface area contributed by atoms with Crippen LogP contribution in [0.5, 0.6) is 0 Å². The average molecular weight is 200 g/mol. The Labute approximate surface area is 87.8 Å². The molecular formula is C11H24N2O. The summed E-state index contributed by atoms with van der Waals surface area (Å²) in [5.41, 5.74) is 0.211. The van der Waals surface area contributed by atoms with Crippen molar-refractivity contribution < 1.29 is 4.74 Å². The maximum Gasteiger partial charge on any atom is 0.0700 e. The van der Waals surface area contributed by atoms with Crippen LogP contribution >= 0.6 is 0 Å². The van der Waals surface area contributed by atoms with Gasteiger partial charge in [-0.3, -0.25) is 0 Å². The van der Waals surface area contributed by atoms with E-state index in [0.717, 1.165) is 19.6 Å². The molecule has 0 aromatic rings. The fourth-order valence-corrected chi connectivity index (χ4v) is 1.54. The molecule has 0 aromatic heterocycles. The molecule has 0 bridgehead atoms. The molecule has 3 nitrogen and oxygen atoms in total. The first kappa shape index (κ1) is 12.0. The summed E-state index contributed by atoms with van der Waals surface area (Å²) in [5, 5.41) is 3.59. The Bertz CT molecular complexity index is 180. The van der Waals surface area contributed by atoms with E-state index in [-0.39, 0.29) is 5.54 Å². The molecule has 1 rings (SSSR count). The van der Waals surface area contributed by atoms with Crippen molar-refractivity contribution in [1.82, 2.24) is 10.2 Å². The molecule has 3 heteroatoms. The van der Waals surface area contributed by atoms with E-state index in [0.29, 0.717) is 12.1 Å². The summed E-state index contributed by atoms with van der Waals surface area (Å²) in [5.74, 6) is 0. The van der Waals surface area contributed by atoms with Crippen LogP contribution in [0.4, 0.5) is 0 Å². The van der Waals surface area contributed by atoms with E-state index in [1.807, 2.05) is 0 Å². The van der Waals surface area contributed by atoms with Crippen LogP contribution in [0.3, 0.4) is 0 Å². The van der Waals surface area contributed by atoms with Crippen molar-refractivity contribution >= 4 is 0 Å². The normalized spacial score (nSPS) is 28.7. The van der Waals surface area contributed by atoms with Crippen molar-refractivity contribution in [1.29, 1.82) is 0 Å². The highest BCUT2D eigenvalue weighted by Gasteiger charge is 2.27. The number of rotatable bonds is 4. The lowest BCUT2D eigenvalue weighted by molar-refractivity contribution is 0.107. The zero-order valence-corrected chi connectivity index (χ0v) is 10.1. The molecule has 1 N–H and O–H groups in total. The first-order valence-corrected chi connectivity index (χ1v) is 5.46. The van der Waals surface area contributed by atoms with Crippen LogP contribution in [0.2, 0.25) is 0 Å². The molecule has 1 aliphatic heterocycles. The molecule has 1 heterocycles. The highest BCUT2D eigenvalue weighted by Crippen LogP contribution is 2.15. The Morgan fingerprint density at radius 1 is 1.43 bits per heavy atom. The molecule has 0 spiro atoms. The van der Waals surface area contributed by atoms with E-state index in [9.17, 15) is 0 Å². The van der Waals surface area contributed by atoms with E-state index in [2.05, 4.69) is 45.1 Å². The van der Waals surface area contributed by atoms with Gasteiger partial charge in [0.15, 0.2) is 0 Å². The summed E-state index contributed by atoms with van der Waals surface area (Å²) in [6.07, 6.45) is 1.51. The minimum Gasteiger partial charge on any atom is -0.377 e. The molecule has 1 saturated heterocycles. The highest BCUT2D eigenvalue weighted by molar-refractivity contribution is 4.85. The Hall–Kier alpha value is -0.120. The lowest BCUT2D eigenvalue weighted by Gasteiger charge is -2.34. The van der Waals surface area contributed by atoms with Gasteiger partial charge in [0, 0.05) is 24.7 Å². The predicted molar refractivity (Wildman–Crippen MR) is 59.6 cm³/mol. The number of nitrogens with zero attached hydrogens (tertiary/aromatic N) is 1. The van der Waals surface area contributed by atoms with Gasteiger partial charge in [-0.25, -0.2) is 0 Å². The van der Waals surface area contributed by atoms with Crippen molar-refractivity contribution in [2.75, 3.05) is 27.2 Å². The third-order valence-corrected chi connectivity index (χ3v) is 3.38. The molecule has 2 unspecified atom stereocenters. The molecule has 0 aromatic carbocycles. The van der Waals surface area contributed by atoms with E-state index in [4.69, 9.17) is 4.74 Å². The zero-order chi connectivity index (χ0) is 10.8. The number of likely N-dealkylation sites (N-methyl/N-ethyl adjacent to an activating group) is 1. The SMILES string of the molecule is CC1OCCC1NCC(C)(C)N(C)C. The predicted octanol–water partition coefficient (Wildman–Crippen LogP) is 1.09. The van der Waals surface area contributed by atoms with Gasteiger partial charge >= 0.3 is 0 Å². The first-order chi connectivity index (χ1) is 6.43. The molecule has 1 aliphatic rings. The van der Waals surface area contributed by atoms with Crippen LogP contribution < -0.4 is 5.32 Å². The molecule has 0 saturated carbocycles. The Kier molecular flexibility index (Phi) is 3.93. The maximum atomic E-state index is 5.52. The molecular weight excluding hydrogens is 176 g/mol. The van der Waals surface area contributed by atoms with Crippen LogP contribution in [0.25, 0.3) is 0 Å². The van der Waals surface area contributed by atoms with Crippen molar-refractivity contribution in [2.45, 2.75) is 44.9 Å². The summed E-state index contributed by atoms with van der Waals surface area (Å²) >= 11 is 0. The van der Waals surface area contributed by atoms with E-state index in [1.54, 1.807) is 0 Å². The third kappa shape index (κ3) is 2.94. The lowest BCUT2D eigenvalue weighted by Crippen LogP contribution is -2.50. The van der Waals surface area contributed by atoms with Crippen molar-refractivity contribution in [3.63, 3.8) is 0 Å². The zero-order valence-electron chi connectivity index (χ0n) is 10.1. The summed E-state index contributed by atoms with van der Waals surface area (Å²) < 4.78 is 5.52. The van der Waals surface area contributed by atoms with Gasteiger partial charge < -0.3 is 15.0 Å². The van der Waals surface area contributed by atoms with Crippen LogP contribution in [0.15, 0.2) is 0 Å². The standard InChI is InChI=1S/C11H24N2O/c1-9-10(6-7-14-9)12-8-11(2,3)13(4)5/h9-10,12H,6-8H2,1-5H3. The Morgan fingerprint density at radius 2 is 2.07 bits per heavy atom. The fraction of sp³-hybridized carbons (Fsp3) is 1.00. The summed E-state index contributed by atoms with van der Waals surface area (Å²) in [6.45, 7) is 8.56. The average Bonchev–Trinajstić information content (AvgIpc) is 2.47. The largest absolute Gasteiger partial charge is 0.377 e. The van der Waals surface area contributed by atoms with Crippen molar-refractivity contribution in [3.05, 3.63) is 0 Å². The summed E-state index contributed by atoms with van der Waals surface area (Å²) in [7, 11) is 4.24. The van der Waals surface area contributed by atoms with Gasteiger partial charge in [0.1, 0.15) is 0 Å². The Balaban J connectivity index is 2.32. The maximum absolute atomic E-state index is 5.52. The minimum atomic E-state index is 0.211. The van der Waals surface area contributed by atoms with Crippen LogP contribution in [-0.4, -0.2) is 49.8 Å². The van der Waals surface area contributed by atoms with Gasteiger partial charge in [-0.05, 0) is 41.3 Å². The van der Waals surface area contributed by atoms with Gasteiger partial charge in [-0.15, -0.1) is 0 Å². The van der Waals surface area contributed by atoms with Crippen molar-refractivity contribution in [2.24, 2.45) is 0 Å². The van der Waals surface area contributed by atoms with Gasteiger partial charge in [0.05, 0.1) is 6.10 Å².